The van der Waals surface area contributed by atoms with Gasteiger partial charge in [0.25, 0.3) is 11.1 Å². The zero-order valence-corrected chi connectivity index (χ0v) is 16.5. The smallest absolute Gasteiger partial charge is 0.416 e. The SMILES string of the molecule is COc1ccccc1C(=O)N(Cc1ccc(C(F)(F)F)cc1)C[C@@H]1SC(=O)NC1=O. The van der Waals surface area contributed by atoms with Crippen LogP contribution in [0.3, 0.4) is 0 Å². The van der Waals surface area contributed by atoms with Crippen LogP contribution in [0.2, 0.25) is 0 Å². The number of carbonyl (C=O) groups is 3. The Labute approximate surface area is 174 Å². The molecule has 0 saturated carbocycles. The summed E-state index contributed by atoms with van der Waals surface area (Å²) in [5, 5.41) is 0.835. The van der Waals surface area contributed by atoms with Crippen molar-refractivity contribution in [2.75, 3.05) is 13.7 Å². The van der Waals surface area contributed by atoms with Gasteiger partial charge in [-0.25, -0.2) is 0 Å². The van der Waals surface area contributed by atoms with Gasteiger partial charge in [-0.3, -0.25) is 19.7 Å². The molecule has 1 atom stereocenters. The molecule has 0 aromatic heterocycles. The predicted molar refractivity (Wildman–Crippen MR) is 104 cm³/mol. The number of alkyl halides is 3. The monoisotopic (exact) mass is 438 g/mol. The molecule has 0 spiro atoms. The number of methoxy groups -OCH3 is 1. The lowest BCUT2D eigenvalue weighted by Crippen LogP contribution is -2.39. The number of nitrogens with zero attached hydrogens (tertiary/aromatic N) is 1. The predicted octanol–water partition coefficient (Wildman–Crippen LogP) is 3.71. The summed E-state index contributed by atoms with van der Waals surface area (Å²) in [5.74, 6) is -0.671. The third-order valence-corrected chi connectivity index (χ3v) is 5.40. The molecule has 30 heavy (non-hydrogen) atoms. The van der Waals surface area contributed by atoms with Crippen molar-refractivity contribution in [1.29, 1.82) is 0 Å². The van der Waals surface area contributed by atoms with E-state index in [4.69, 9.17) is 4.74 Å². The van der Waals surface area contributed by atoms with Crippen LogP contribution in [0.4, 0.5) is 18.0 Å². The molecule has 2 aromatic carbocycles. The maximum Gasteiger partial charge on any atom is 0.416 e. The highest BCUT2D eigenvalue weighted by molar-refractivity contribution is 8.15. The minimum Gasteiger partial charge on any atom is -0.496 e. The molecule has 1 aliphatic rings. The number of hydrogen-bond donors (Lipinski definition) is 1. The lowest BCUT2D eigenvalue weighted by Gasteiger charge is -2.25. The van der Waals surface area contributed by atoms with E-state index in [1.807, 2.05) is 0 Å². The zero-order valence-electron chi connectivity index (χ0n) is 15.7. The van der Waals surface area contributed by atoms with Gasteiger partial charge in [-0.2, -0.15) is 13.2 Å². The van der Waals surface area contributed by atoms with Crippen LogP contribution in [0.25, 0.3) is 0 Å². The Morgan fingerprint density at radius 1 is 1.13 bits per heavy atom. The summed E-state index contributed by atoms with van der Waals surface area (Å²) in [6.45, 7) is -0.145. The van der Waals surface area contributed by atoms with E-state index in [0.29, 0.717) is 11.3 Å². The van der Waals surface area contributed by atoms with E-state index >= 15 is 0 Å². The van der Waals surface area contributed by atoms with Gasteiger partial charge in [0, 0.05) is 13.1 Å². The Morgan fingerprint density at radius 2 is 1.80 bits per heavy atom. The summed E-state index contributed by atoms with van der Waals surface area (Å²) in [4.78, 5) is 37.9. The maximum absolute atomic E-state index is 13.2. The number of ether oxygens (including phenoxy) is 1. The van der Waals surface area contributed by atoms with Gasteiger partial charge in [-0.1, -0.05) is 24.3 Å². The lowest BCUT2D eigenvalue weighted by molar-refractivity contribution is -0.137. The minimum absolute atomic E-state index is 0.0481. The van der Waals surface area contributed by atoms with Crippen LogP contribution in [0.15, 0.2) is 48.5 Å². The second-order valence-electron chi connectivity index (χ2n) is 6.46. The minimum atomic E-state index is -4.47. The molecule has 158 valence electrons. The van der Waals surface area contributed by atoms with Crippen molar-refractivity contribution in [3.05, 3.63) is 65.2 Å². The van der Waals surface area contributed by atoms with Crippen molar-refractivity contribution in [3.8, 4) is 5.75 Å². The fourth-order valence-corrected chi connectivity index (χ4v) is 3.78. The van der Waals surface area contributed by atoms with Gasteiger partial charge in [-0.15, -0.1) is 0 Å². The molecule has 1 heterocycles. The van der Waals surface area contributed by atoms with Gasteiger partial charge in [0.1, 0.15) is 11.0 Å². The van der Waals surface area contributed by atoms with Crippen LogP contribution in [-0.4, -0.2) is 40.9 Å². The number of rotatable bonds is 6. The molecule has 1 saturated heterocycles. The molecule has 0 radical (unpaired) electrons. The van der Waals surface area contributed by atoms with Gasteiger partial charge < -0.3 is 9.64 Å². The third kappa shape index (κ3) is 4.93. The topological polar surface area (TPSA) is 75.7 Å². The molecule has 3 amide bonds. The van der Waals surface area contributed by atoms with Crippen LogP contribution < -0.4 is 10.1 Å². The van der Waals surface area contributed by atoms with E-state index in [9.17, 15) is 27.6 Å². The first kappa shape index (κ1) is 21.7. The average molecular weight is 438 g/mol. The maximum atomic E-state index is 13.2. The number of amides is 3. The molecule has 6 nitrogen and oxygen atoms in total. The number of benzene rings is 2. The molecule has 0 unspecified atom stereocenters. The highest BCUT2D eigenvalue weighted by Gasteiger charge is 2.35. The molecular formula is C20H17F3N2O4S. The standard InChI is InChI=1S/C20H17F3N2O4S/c1-29-15-5-3-2-4-14(15)18(27)25(11-16-17(26)24-19(28)30-16)10-12-6-8-13(9-7-12)20(21,22)23/h2-9,16H,10-11H2,1H3,(H,24,26,28)/t16-/m0/s1. The van der Waals surface area contributed by atoms with E-state index in [-0.39, 0.29) is 18.7 Å². The van der Waals surface area contributed by atoms with Crippen molar-refractivity contribution in [3.63, 3.8) is 0 Å². The summed E-state index contributed by atoms with van der Waals surface area (Å²) in [6.07, 6.45) is -4.47. The first-order valence-corrected chi connectivity index (χ1v) is 9.67. The van der Waals surface area contributed by atoms with E-state index in [1.54, 1.807) is 24.3 Å². The van der Waals surface area contributed by atoms with Crippen LogP contribution in [0.5, 0.6) is 5.75 Å². The Morgan fingerprint density at radius 3 is 2.37 bits per heavy atom. The number of para-hydroxylation sites is 1. The molecule has 10 heteroatoms. The Balaban J connectivity index is 1.88. The number of halogens is 3. The van der Waals surface area contributed by atoms with Crippen molar-refractivity contribution < 1.29 is 32.3 Å². The first-order chi connectivity index (χ1) is 14.2. The number of carbonyl (C=O) groups excluding carboxylic acids is 3. The molecule has 0 aliphatic carbocycles. The van der Waals surface area contributed by atoms with E-state index in [2.05, 4.69) is 5.32 Å². The van der Waals surface area contributed by atoms with Crippen LogP contribution >= 0.6 is 11.8 Å². The van der Waals surface area contributed by atoms with Crippen LogP contribution in [0, 0.1) is 0 Å². The highest BCUT2D eigenvalue weighted by Crippen LogP contribution is 2.30. The van der Waals surface area contributed by atoms with Gasteiger partial charge in [-0.05, 0) is 41.6 Å². The fourth-order valence-electron chi connectivity index (χ4n) is 2.94. The normalized spacial score (nSPS) is 16.3. The molecule has 0 bridgehead atoms. The van der Waals surface area contributed by atoms with Crippen molar-refractivity contribution in [2.45, 2.75) is 18.0 Å². The summed E-state index contributed by atoms with van der Waals surface area (Å²) in [7, 11) is 1.41. The van der Waals surface area contributed by atoms with Crippen LogP contribution in [-0.2, 0) is 17.5 Å². The lowest BCUT2D eigenvalue weighted by atomic mass is 10.1. The Bertz CT molecular complexity index is 963. The highest BCUT2D eigenvalue weighted by atomic mass is 32.2. The number of hydrogen-bond acceptors (Lipinski definition) is 5. The van der Waals surface area contributed by atoms with Gasteiger partial charge in [0.15, 0.2) is 0 Å². The summed E-state index contributed by atoms with van der Waals surface area (Å²) < 4.78 is 43.6. The second kappa shape index (κ2) is 8.78. The molecule has 1 fully saturated rings. The van der Waals surface area contributed by atoms with E-state index in [1.165, 1.54) is 24.1 Å². The van der Waals surface area contributed by atoms with E-state index in [0.717, 1.165) is 23.9 Å². The number of thioether (sulfide) groups is 1. The van der Waals surface area contributed by atoms with Crippen molar-refractivity contribution in [1.82, 2.24) is 10.2 Å². The average Bonchev–Trinajstić information content (AvgIpc) is 3.03. The van der Waals surface area contributed by atoms with Crippen molar-refractivity contribution in [2.24, 2.45) is 0 Å². The van der Waals surface area contributed by atoms with Crippen LogP contribution in [0.1, 0.15) is 21.5 Å². The molecular weight excluding hydrogens is 421 g/mol. The molecule has 1 aliphatic heterocycles. The zero-order chi connectivity index (χ0) is 21.9. The fraction of sp³-hybridized carbons (Fsp3) is 0.250. The second-order valence-corrected chi connectivity index (χ2v) is 7.64. The number of nitrogens with one attached hydrogen (secondary N) is 1. The Hall–Kier alpha value is -3.01. The van der Waals surface area contributed by atoms with Gasteiger partial charge in [0.2, 0.25) is 5.91 Å². The summed E-state index contributed by atoms with van der Waals surface area (Å²) in [5.41, 5.74) is -0.118. The Kier molecular flexibility index (Phi) is 6.35. The molecule has 1 N–H and O–H groups in total. The largest absolute Gasteiger partial charge is 0.496 e. The summed E-state index contributed by atoms with van der Waals surface area (Å²) >= 11 is 0.767. The van der Waals surface area contributed by atoms with Gasteiger partial charge >= 0.3 is 6.18 Å². The summed E-state index contributed by atoms with van der Waals surface area (Å²) in [6, 6.07) is 10.9. The van der Waals surface area contributed by atoms with Gasteiger partial charge in [0.05, 0.1) is 18.2 Å². The van der Waals surface area contributed by atoms with E-state index < -0.39 is 34.0 Å². The quantitative estimate of drug-likeness (QED) is 0.744. The van der Waals surface area contributed by atoms with Crippen molar-refractivity contribution >= 4 is 28.8 Å². The number of imide groups is 1. The third-order valence-electron chi connectivity index (χ3n) is 4.43. The molecule has 3 rings (SSSR count). The molecule has 2 aromatic rings. The first-order valence-electron chi connectivity index (χ1n) is 8.79.